The van der Waals surface area contributed by atoms with E-state index >= 15 is 0 Å². The third kappa shape index (κ3) is 4.51. The molecule has 3 nitrogen and oxygen atoms in total. The molecule has 0 aromatic carbocycles. The van der Waals surface area contributed by atoms with E-state index in [1.54, 1.807) is 0 Å². The number of carbonyl (C=O) groups excluding carboxylic acids is 1. The van der Waals surface area contributed by atoms with Gasteiger partial charge < -0.3 is 10.1 Å². The number of hydrogen-bond acceptors (Lipinski definition) is 3. The standard InChI is InChI=1S/C11H20BrNO2/c1-8-3-5-9(6-4-8)13-7-10(12)11(14)15-2/h8-10,13H,3-7H2,1-2H3. The molecule has 1 saturated carbocycles. The van der Waals surface area contributed by atoms with Gasteiger partial charge in [-0.15, -0.1) is 0 Å². The Kier molecular flexibility index (Phi) is 5.61. The highest BCUT2D eigenvalue weighted by Gasteiger charge is 2.20. The first-order valence-electron chi connectivity index (χ1n) is 5.58. The zero-order valence-corrected chi connectivity index (χ0v) is 11.0. The molecule has 1 fully saturated rings. The van der Waals surface area contributed by atoms with Crippen LogP contribution in [0, 0.1) is 5.92 Å². The van der Waals surface area contributed by atoms with Crippen LogP contribution in [0.15, 0.2) is 0 Å². The molecule has 1 rings (SSSR count). The highest BCUT2D eigenvalue weighted by molar-refractivity contribution is 9.10. The summed E-state index contributed by atoms with van der Waals surface area (Å²) < 4.78 is 4.64. The normalized spacial score (nSPS) is 28.5. The molecule has 88 valence electrons. The Labute approximate surface area is 100 Å². The van der Waals surface area contributed by atoms with Crippen LogP contribution in [-0.4, -0.2) is 30.5 Å². The van der Waals surface area contributed by atoms with Gasteiger partial charge in [-0.25, -0.2) is 0 Å². The number of hydrogen-bond donors (Lipinski definition) is 1. The maximum absolute atomic E-state index is 11.1. The maximum atomic E-state index is 11.1. The Morgan fingerprint density at radius 2 is 2.07 bits per heavy atom. The van der Waals surface area contributed by atoms with Crippen LogP contribution in [0.1, 0.15) is 32.6 Å². The molecule has 0 heterocycles. The lowest BCUT2D eigenvalue weighted by Gasteiger charge is -2.27. The zero-order valence-electron chi connectivity index (χ0n) is 9.46. The minimum Gasteiger partial charge on any atom is -0.468 e. The van der Waals surface area contributed by atoms with E-state index in [1.165, 1.54) is 32.8 Å². The van der Waals surface area contributed by atoms with Crippen molar-refractivity contribution in [1.29, 1.82) is 0 Å². The molecule has 15 heavy (non-hydrogen) atoms. The molecule has 1 atom stereocenters. The highest BCUT2D eigenvalue weighted by Crippen LogP contribution is 2.23. The summed E-state index contributed by atoms with van der Waals surface area (Å²) in [6, 6.07) is 0.575. The van der Waals surface area contributed by atoms with Crippen LogP contribution in [0.4, 0.5) is 0 Å². The Hall–Kier alpha value is -0.0900. The van der Waals surface area contributed by atoms with Crippen molar-refractivity contribution in [3.8, 4) is 0 Å². The van der Waals surface area contributed by atoms with Crippen molar-refractivity contribution in [2.45, 2.75) is 43.5 Å². The number of esters is 1. The fraction of sp³-hybridized carbons (Fsp3) is 0.909. The van der Waals surface area contributed by atoms with Crippen molar-refractivity contribution in [3.63, 3.8) is 0 Å². The number of nitrogens with one attached hydrogen (secondary N) is 1. The second kappa shape index (κ2) is 6.48. The van der Waals surface area contributed by atoms with Gasteiger partial charge in [-0.05, 0) is 31.6 Å². The third-order valence-electron chi connectivity index (χ3n) is 3.06. The Morgan fingerprint density at radius 1 is 1.47 bits per heavy atom. The van der Waals surface area contributed by atoms with Crippen LogP contribution in [0.3, 0.4) is 0 Å². The molecule has 1 aliphatic carbocycles. The van der Waals surface area contributed by atoms with Crippen molar-refractivity contribution in [2.24, 2.45) is 5.92 Å². The van der Waals surface area contributed by atoms with E-state index < -0.39 is 0 Å². The number of alkyl halides is 1. The van der Waals surface area contributed by atoms with Crippen molar-refractivity contribution >= 4 is 21.9 Å². The molecule has 1 unspecified atom stereocenters. The molecule has 0 amide bonds. The quantitative estimate of drug-likeness (QED) is 0.632. The van der Waals surface area contributed by atoms with Crippen LogP contribution in [0.25, 0.3) is 0 Å². The summed E-state index contributed by atoms with van der Waals surface area (Å²) in [5, 5.41) is 3.41. The molecule has 4 heteroatoms. The summed E-state index contributed by atoms with van der Waals surface area (Å²) in [6.07, 6.45) is 5.04. The lowest BCUT2D eigenvalue weighted by Crippen LogP contribution is -2.38. The molecule has 1 aliphatic rings. The van der Waals surface area contributed by atoms with Gasteiger partial charge in [-0.2, -0.15) is 0 Å². The minimum atomic E-state index is -0.221. The average molecular weight is 278 g/mol. The van der Waals surface area contributed by atoms with E-state index in [0.29, 0.717) is 12.6 Å². The molecule has 0 spiro atoms. The molecule has 0 radical (unpaired) electrons. The molecule has 0 saturated heterocycles. The van der Waals surface area contributed by atoms with E-state index in [2.05, 4.69) is 32.9 Å². The fourth-order valence-corrected chi connectivity index (χ4v) is 2.32. The third-order valence-corrected chi connectivity index (χ3v) is 3.76. The van der Waals surface area contributed by atoms with Gasteiger partial charge >= 0.3 is 5.97 Å². The highest BCUT2D eigenvalue weighted by atomic mass is 79.9. The van der Waals surface area contributed by atoms with E-state index in [4.69, 9.17) is 0 Å². The van der Waals surface area contributed by atoms with Crippen LogP contribution in [0.5, 0.6) is 0 Å². The van der Waals surface area contributed by atoms with Crippen LogP contribution in [-0.2, 0) is 9.53 Å². The number of ether oxygens (including phenoxy) is 1. The second-order valence-corrected chi connectivity index (χ2v) is 5.46. The predicted octanol–water partition coefficient (Wildman–Crippen LogP) is 2.09. The SMILES string of the molecule is COC(=O)C(Br)CNC1CCC(C)CC1. The molecular weight excluding hydrogens is 258 g/mol. The average Bonchev–Trinajstić information content (AvgIpc) is 2.26. The Balaban J connectivity index is 2.17. The summed E-state index contributed by atoms with van der Waals surface area (Å²) in [5.74, 6) is 0.662. The van der Waals surface area contributed by atoms with E-state index in [9.17, 15) is 4.79 Å². The molecule has 0 aliphatic heterocycles. The predicted molar refractivity (Wildman–Crippen MR) is 64.2 cm³/mol. The summed E-state index contributed by atoms with van der Waals surface area (Å²) in [6.45, 7) is 2.96. The van der Waals surface area contributed by atoms with Crippen molar-refractivity contribution in [3.05, 3.63) is 0 Å². The molecular formula is C11H20BrNO2. The first-order valence-corrected chi connectivity index (χ1v) is 6.50. The summed E-state index contributed by atoms with van der Waals surface area (Å²) in [7, 11) is 1.42. The van der Waals surface area contributed by atoms with Gasteiger partial charge in [0, 0.05) is 12.6 Å². The van der Waals surface area contributed by atoms with Gasteiger partial charge in [-0.1, -0.05) is 22.9 Å². The van der Waals surface area contributed by atoms with Crippen molar-refractivity contribution in [2.75, 3.05) is 13.7 Å². The second-order valence-electron chi connectivity index (χ2n) is 4.36. The molecule has 0 aromatic rings. The molecule has 0 aromatic heterocycles. The van der Waals surface area contributed by atoms with Gasteiger partial charge in [0.2, 0.25) is 0 Å². The number of methoxy groups -OCH3 is 1. The van der Waals surface area contributed by atoms with Gasteiger partial charge in [0.05, 0.1) is 7.11 Å². The number of halogens is 1. The van der Waals surface area contributed by atoms with E-state index in [1.807, 2.05) is 0 Å². The van der Waals surface area contributed by atoms with Crippen molar-refractivity contribution in [1.82, 2.24) is 5.32 Å². The lowest BCUT2D eigenvalue weighted by molar-refractivity contribution is -0.139. The van der Waals surface area contributed by atoms with Crippen LogP contribution in [0.2, 0.25) is 0 Å². The van der Waals surface area contributed by atoms with E-state index in [0.717, 1.165) is 5.92 Å². The number of carbonyl (C=O) groups is 1. The minimum absolute atomic E-state index is 0.202. The van der Waals surface area contributed by atoms with Crippen LogP contribution >= 0.6 is 15.9 Å². The topological polar surface area (TPSA) is 38.3 Å². The molecule has 0 bridgehead atoms. The maximum Gasteiger partial charge on any atom is 0.320 e. The van der Waals surface area contributed by atoms with Crippen LogP contribution < -0.4 is 5.32 Å². The Morgan fingerprint density at radius 3 is 2.60 bits per heavy atom. The first kappa shape index (κ1) is 13.0. The van der Waals surface area contributed by atoms with Crippen molar-refractivity contribution < 1.29 is 9.53 Å². The summed E-state index contributed by atoms with van der Waals surface area (Å²) in [4.78, 5) is 10.9. The van der Waals surface area contributed by atoms with Gasteiger partial charge in [0.25, 0.3) is 0 Å². The van der Waals surface area contributed by atoms with Gasteiger partial charge in [0.1, 0.15) is 4.83 Å². The summed E-state index contributed by atoms with van der Waals surface area (Å²) in [5.41, 5.74) is 0. The smallest absolute Gasteiger partial charge is 0.320 e. The Bertz CT molecular complexity index is 203. The first-order chi connectivity index (χ1) is 7.13. The van der Waals surface area contributed by atoms with E-state index in [-0.39, 0.29) is 10.8 Å². The molecule has 1 N–H and O–H groups in total. The fourth-order valence-electron chi connectivity index (χ4n) is 1.95. The number of rotatable bonds is 4. The zero-order chi connectivity index (χ0) is 11.3. The monoisotopic (exact) mass is 277 g/mol. The van der Waals surface area contributed by atoms with Gasteiger partial charge in [0.15, 0.2) is 0 Å². The lowest BCUT2D eigenvalue weighted by atomic mass is 9.87. The van der Waals surface area contributed by atoms with Gasteiger partial charge in [-0.3, -0.25) is 4.79 Å². The largest absolute Gasteiger partial charge is 0.468 e. The summed E-state index contributed by atoms with van der Waals surface area (Å²) >= 11 is 3.31.